The number of hydrogen-bond donors (Lipinski definition) is 3. The Balaban J connectivity index is 1.29. The summed E-state index contributed by atoms with van der Waals surface area (Å²) in [6, 6.07) is 18.3. The summed E-state index contributed by atoms with van der Waals surface area (Å²) in [4.78, 5) is 52.6. The Morgan fingerprint density at radius 3 is 1.92 bits per heavy atom. The number of urea groups is 1. The lowest BCUT2D eigenvalue weighted by Crippen LogP contribution is -2.56. The Morgan fingerprint density at radius 2 is 1.39 bits per heavy atom. The van der Waals surface area contributed by atoms with Crippen molar-refractivity contribution in [2.45, 2.75) is 102 Å². The molecule has 2 aromatic carbocycles. The maximum atomic E-state index is 14.1. The Bertz CT molecular complexity index is 1630. The van der Waals surface area contributed by atoms with E-state index >= 15 is 0 Å². The zero-order chi connectivity index (χ0) is 36.1. The van der Waals surface area contributed by atoms with Crippen LogP contribution in [0.5, 0.6) is 0 Å². The molecule has 51 heavy (non-hydrogen) atoms. The van der Waals surface area contributed by atoms with Gasteiger partial charge in [-0.3, -0.25) is 14.8 Å². The van der Waals surface area contributed by atoms with Crippen LogP contribution < -0.4 is 16.0 Å². The van der Waals surface area contributed by atoms with Crippen molar-refractivity contribution in [3.05, 3.63) is 105 Å². The fourth-order valence-corrected chi connectivity index (χ4v) is 6.70. The standard InChI is InChI=1S/C38H48N6O5S2/c1-38(2,3)49-24-34(43-36(46)44(31-16-17-31)22-32-20-39-25-50-32)35(45)41-29(18-27-10-6-4-7-11-27)14-15-30(19-28-12-8-5-9-13-28)42-37(47)48-23-33-21-40-26-51-33/h4-13,20-21,25-26,29-31,34H,14-19,22-24H2,1-3H3,(H,41,45)(H,42,47)(H,43,46)/t29-,30-,34+/m1/s1. The number of benzene rings is 2. The molecule has 3 N–H and O–H groups in total. The predicted molar refractivity (Wildman–Crippen MR) is 199 cm³/mol. The smallest absolute Gasteiger partial charge is 0.407 e. The first-order valence-corrected chi connectivity index (χ1v) is 19.1. The molecule has 272 valence electrons. The SMILES string of the molecule is CC(C)(C)OC[C@H](NC(=O)N(Cc1cncs1)C1CC1)C(=O)N[C@H](CC[C@H](Cc1ccccc1)NC(=O)OCc1cncs1)Cc1ccccc1. The van der Waals surface area contributed by atoms with Crippen LogP contribution in [0.4, 0.5) is 9.59 Å². The minimum absolute atomic E-state index is 0.0159. The Hall–Kier alpha value is -4.33. The summed E-state index contributed by atoms with van der Waals surface area (Å²) in [7, 11) is 0. The molecule has 3 atom stereocenters. The molecule has 4 amide bonds. The second-order valence-corrected chi connectivity index (χ2v) is 15.7. The van der Waals surface area contributed by atoms with Gasteiger partial charge in [0.15, 0.2) is 0 Å². The molecule has 4 aromatic rings. The average Bonchev–Trinajstić information content (AvgIpc) is 3.55. The summed E-state index contributed by atoms with van der Waals surface area (Å²) in [5, 5.41) is 9.30. The van der Waals surface area contributed by atoms with Gasteiger partial charge < -0.3 is 30.3 Å². The average molecular weight is 733 g/mol. The van der Waals surface area contributed by atoms with Gasteiger partial charge in [-0.1, -0.05) is 60.7 Å². The molecular weight excluding hydrogens is 685 g/mol. The molecule has 1 aliphatic rings. The first kappa shape index (κ1) is 37.9. The van der Waals surface area contributed by atoms with Gasteiger partial charge in [-0.15, -0.1) is 22.7 Å². The summed E-state index contributed by atoms with van der Waals surface area (Å²) in [6.45, 7) is 6.36. The highest BCUT2D eigenvalue weighted by Crippen LogP contribution is 2.29. The van der Waals surface area contributed by atoms with Gasteiger partial charge in [0, 0.05) is 35.4 Å². The lowest BCUT2D eigenvalue weighted by atomic mass is 9.96. The van der Waals surface area contributed by atoms with Crippen LogP contribution in [0.2, 0.25) is 0 Å². The summed E-state index contributed by atoms with van der Waals surface area (Å²) in [6.07, 6.45) is 7.11. The normalized spacial score (nSPS) is 14.6. The molecule has 13 heteroatoms. The van der Waals surface area contributed by atoms with Gasteiger partial charge in [-0.2, -0.15) is 0 Å². The van der Waals surface area contributed by atoms with Crippen LogP contribution in [0.1, 0.15) is 67.3 Å². The van der Waals surface area contributed by atoms with Crippen molar-refractivity contribution in [1.29, 1.82) is 0 Å². The Labute approximate surface area is 308 Å². The van der Waals surface area contributed by atoms with Crippen LogP contribution in [-0.2, 0) is 40.3 Å². The topological polar surface area (TPSA) is 135 Å². The predicted octanol–water partition coefficient (Wildman–Crippen LogP) is 6.50. The van der Waals surface area contributed by atoms with E-state index in [9.17, 15) is 14.4 Å². The summed E-state index contributed by atoms with van der Waals surface area (Å²) in [5.41, 5.74) is 5.08. The third-order valence-corrected chi connectivity index (χ3v) is 9.88. The molecule has 0 spiro atoms. The van der Waals surface area contributed by atoms with Crippen LogP contribution >= 0.6 is 22.7 Å². The van der Waals surface area contributed by atoms with Crippen molar-refractivity contribution < 1.29 is 23.9 Å². The van der Waals surface area contributed by atoms with Crippen molar-refractivity contribution >= 4 is 40.7 Å². The van der Waals surface area contributed by atoms with Gasteiger partial charge in [0.1, 0.15) is 12.6 Å². The van der Waals surface area contributed by atoms with Crippen molar-refractivity contribution in [2.24, 2.45) is 0 Å². The van der Waals surface area contributed by atoms with E-state index < -0.39 is 17.7 Å². The van der Waals surface area contributed by atoms with Crippen molar-refractivity contribution in [1.82, 2.24) is 30.8 Å². The van der Waals surface area contributed by atoms with E-state index in [-0.39, 0.29) is 43.3 Å². The van der Waals surface area contributed by atoms with E-state index in [2.05, 4.69) is 25.9 Å². The Kier molecular flexibility index (Phi) is 14.0. The van der Waals surface area contributed by atoms with Crippen molar-refractivity contribution in [2.75, 3.05) is 6.61 Å². The van der Waals surface area contributed by atoms with Crippen molar-refractivity contribution in [3.63, 3.8) is 0 Å². The lowest BCUT2D eigenvalue weighted by Gasteiger charge is -2.30. The minimum Gasteiger partial charge on any atom is -0.444 e. The highest BCUT2D eigenvalue weighted by atomic mass is 32.1. The highest BCUT2D eigenvalue weighted by molar-refractivity contribution is 7.09. The summed E-state index contributed by atoms with van der Waals surface area (Å²) < 4.78 is 11.6. The zero-order valence-corrected chi connectivity index (χ0v) is 31.1. The number of nitrogens with one attached hydrogen (secondary N) is 3. The molecule has 11 nitrogen and oxygen atoms in total. The molecule has 2 aromatic heterocycles. The molecule has 0 unspecified atom stereocenters. The molecule has 5 rings (SSSR count). The third kappa shape index (κ3) is 13.4. The molecule has 1 fully saturated rings. The number of amides is 4. The number of carbonyl (C=O) groups excluding carboxylic acids is 3. The maximum Gasteiger partial charge on any atom is 0.407 e. The highest BCUT2D eigenvalue weighted by Gasteiger charge is 2.35. The maximum absolute atomic E-state index is 14.1. The number of hydrogen-bond acceptors (Lipinski definition) is 9. The number of aromatic nitrogens is 2. The van der Waals surface area contributed by atoms with E-state index in [4.69, 9.17) is 9.47 Å². The van der Waals surface area contributed by atoms with Crippen LogP contribution in [0.25, 0.3) is 0 Å². The van der Waals surface area contributed by atoms with Crippen LogP contribution in [-0.4, -0.2) is 69.3 Å². The number of rotatable bonds is 18. The van der Waals surface area contributed by atoms with Crippen LogP contribution in [0, 0.1) is 0 Å². The largest absolute Gasteiger partial charge is 0.444 e. The molecular formula is C38H48N6O5S2. The van der Waals surface area contributed by atoms with Gasteiger partial charge in [0.2, 0.25) is 5.91 Å². The fourth-order valence-electron chi connectivity index (χ4n) is 5.60. The molecule has 0 aliphatic heterocycles. The van der Waals surface area contributed by atoms with Crippen molar-refractivity contribution in [3.8, 4) is 0 Å². The summed E-state index contributed by atoms with van der Waals surface area (Å²) in [5.74, 6) is -0.321. The van der Waals surface area contributed by atoms with E-state index in [1.807, 2.05) is 81.4 Å². The minimum atomic E-state index is -0.919. The second kappa shape index (κ2) is 18.8. The Morgan fingerprint density at radius 1 is 0.824 bits per heavy atom. The molecule has 0 saturated heterocycles. The number of thiazole rings is 2. The van der Waals surface area contributed by atoms with Gasteiger partial charge in [0.05, 0.1) is 34.7 Å². The second-order valence-electron chi connectivity index (χ2n) is 13.8. The van der Waals surface area contributed by atoms with Crippen LogP contribution in [0.3, 0.4) is 0 Å². The summed E-state index contributed by atoms with van der Waals surface area (Å²) >= 11 is 2.93. The lowest BCUT2D eigenvalue weighted by molar-refractivity contribution is -0.126. The number of nitrogens with zero attached hydrogens (tertiary/aromatic N) is 3. The quantitative estimate of drug-likeness (QED) is 0.106. The number of ether oxygens (including phenoxy) is 2. The van der Waals surface area contributed by atoms with E-state index in [0.717, 1.165) is 33.7 Å². The zero-order valence-electron chi connectivity index (χ0n) is 29.5. The first-order chi connectivity index (χ1) is 24.6. The molecule has 2 heterocycles. The van der Waals surface area contributed by atoms with E-state index in [0.29, 0.717) is 32.2 Å². The molecule has 0 radical (unpaired) electrons. The van der Waals surface area contributed by atoms with Gasteiger partial charge >= 0.3 is 12.1 Å². The molecule has 0 bridgehead atoms. The van der Waals surface area contributed by atoms with Gasteiger partial charge in [-0.25, -0.2) is 9.59 Å². The number of alkyl carbamates (subject to hydrolysis) is 1. The molecule has 1 saturated carbocycles. The van der Waals surface area contributed by atoms with Crippen LogP contribution in [0.15, 0.2) is 84.1 Å². The molecule has 1 aliphatic carbocycles. The fraction of sp³-hybridized carbons (Fsp3) is 0.447. The van der Waals surface area contributed by atoms with E-state index in [1.165, 1.54) is 22.7 Å². The first-order valence-electron chi connectivity index (χ1n) is 17.4. The monoisotopic (exact) mass is 732 g/mol. The van der Waals surface area contributed by atoms with Gasteiger partial charge in [0.25, 0.3) is 0 Å². The van der Waals surface area contributed by atoms with Gasteiger partial charge in [-0.05, 0) is 70.4 Å². The third-order valence-electron chi connectivity index (χ3n) is 8.37. The van der Waals surface area contributed by atoms with E-state index in [1.54, 1.807) is 28.3 Å². The number of carbonyl (C=O) groups is 3.